The van der Waals surface area contributed by atoms with Gasteiger partial charge in [-0.05, 0) is 85.0 Å². The van der Waals surface area contributed by atoms with Crippen molar-refractivity contribution in [1.82, 2.24) is 29.3 Å². The summed E-state index contributed by atoms with van der Waals surface area (Å²) in [6.45, 7) is 0. The Kier molecular flexibility index (Phi) is 7.31. The minimum absolute atomic E-state index is 0.0470. The molecule has 4 heterocycles. The Morgan fingerprint density at radius 2 is 1.86 bits per heavy atom. The zero-order chi connectivity index (χ0) is 30.8. The highest BCUT2D eigenvalue weighted by atomic mass is 16.3. The zero-order valence-electron chi connectivity index (χ0n) is 23.4. The fourth-order valence-corrected chi connectivity index (χ4v) is 5.21. The fourth-order valence-electron chi connectivity index (χ4n) is 5.21. The van der Waals surface area contributed by atoms with Crippen molar-refractivity contribution in [2.75, 3.05) is 5.73 Å². The summed E-state index contributed by atoms with van der Waals surface area (Å²) in [4.78, 5) is 35.4. The predicted octanol–water partition coefficient (Wildman–Crippen LogP) is 4.02. The molecule has 216 valence electrons. The average molecular weight is 583 g/mol. The molecule has 44 heavy (non-hydrogen) atoms. The third-order valence-corrected chi connectivity index (χ3v) is 7.36. The molecule has 4 aromatic heterocycles. The van der Waals surface area contributed by atoms with Crippen molar-refractivity contribution in [3.05, 3.63) is 107 Å². The third-order valence-electron chi connectivity index (χ3n) is 7.36. The van der Waals surface area contributed by atoms with Crippen LogP contribution in [0.15, 0.2) is 79.3 Å². The van der Waals surface area contributed by atoms with E-state index in [-0.39, 0.29) is 22.4 Å². The molecule has 11 heteroatoms. The number of nitrogens with zero attached hydrogens (tertiary/aromatic N) is 6. The second-order valence-electron chi connectivity index (χ2n) is 10.1. The number of amides is 1. The van der Waals surface area contributed by atoms with Gasteiger partial charge in [0.2, 0.25) is 5.91 Å². The quantitative estimate of drug-likeness (QED) is 0.202. The lowest BCUT2D eigenvalue weighted by Gasteiger charge is -2.12. The van der Waals surface area contributed by atoms with Gasteiger partial charge in [0.05, 0.1) is 16.7 Å². The van der Waals surface area contributed by atoms with E-state index in [2.05, 4.69) is 38.8 Å². The van der Waals surface area contributed by atoms with Crippen LogP contribution < -0.4 is 11.5 Å². The number of aromatic hydroxyl groups is 1. The van der Waals surface area contributed by atoms with Crippen LogP contribution in [0, 0.1) is 12.3 Å². The molecule has 2 aromatic carbocycles. The second-order valence-corrected chi connectivity index (χ2v) is 10.1. The van der Waals surface area contributed by atoms with Gasteiger partial charge in [-0.2, -0.15) is 5.10 Å². The molecular formula is C33H26N8O3. The number of imidazole rings is 1. The van der Waals surface area contributed by atoms with Gasteiger partial charge in [-0.1, -0.05) is 12.0 Å². The van der Waals surface area contributed by atoms with Crippen molar-refractivity contribution in [3.8, 4) is 41.0 Å². The summed E-state index contributed by atoms with van der Waals surface area (Å²) in [5, 5.41) is 13.7. The molecule has 7 rings (SSSR count). The van der Waals surface area contributed by atoms with Crippen molar-refractivity contribution in [2.45, 2.75) is 19.3 Å². The Morgan fingerprint density at radius 3 is 2.59 bits per heavy atom. The number of pyridine rings is 2. The standard InChI is InChI=1S/C23H19N7.C10H7NO3/c24-21-18(6-2-11-25-21)22-27-19-9-10-20(29-13-3-12-26-29)28-23(19)30(22)17-8-7-15-4-1-5-16(15)14-17;1-2-6-3-7(10(11)14)4-8(5-12)9(6)13/h2-3,6-14H,1,4-5H2,(H2,24,25);1,3-5,13H,(H2,11,14). The van der Waals surface area contributed by atoms with E-state index in [0.29, 0.717) is 12.1 Å². The maximum Gasteiger partial charge on any atom is 0.248 e. The molecular weight excluding hydrogens is 556 g/mol. The van der Waals surface area contributed by atoms with Gasteiger partial charge in [0.25, 0.3) is 0 Å². The van der Waals surface area contributed by atoms with Crippen molar-refractivity contribution in [1.29, 1.82) is 0 Å². The number of hydrogen-bond acceptors (Lipinski definition) is 8. The second kappa shape index (κ2) is 11.5. The molecule has 0 spiro atoms. The number of fused-ring (bicyclic) bond motifs is 2. The molecule has 0 aliphatic heterocycles. The van der Waals surface area contributed by atoms with Crippen molar-refractivity contribution in [3.63, 3.8) is 0 Å². The number of hydrogen-bond donors (Lipinski definition) is 3. The number of carbonyl (C=O) groups excluding carboxylic acids is 2. The number of benzene rings is 2. The van der Waals surface area contributed by atoms with Crippen LogP contribution in [0.1, 0.15) is 43.8 Å². The first kappa shape index (κ1) is 27.9. The predicted molar refractivity (Wildman–Crippen MR) is 166 cm³/mol. The number of primary amides is 1. The van der Waals surface area contributed by atoms with Crippen LogP contribution in [-0.4, -0.2) is 46.6 Å². The summed E-state index contributed by atoms with van der Waals surface area (Å²) >= 11 is 0. The molecule has 1 aliphatic carbocycles. The summed E-state index contributed by atoms with van der Waals surface area (Å²) < 4.78 is 3.83. The lowest BCUT2D eigenvalue weighted by Crippen LogP contribution is -2.11. The number of carbonyl (C=O) groups is 2. The van der Waals surface area contributed by atoms with E-state index in [0.717, 1.165) is 46.9 Å². The third kappa shape index (κ3) is 5.12. The molecule has 0 unspecified atom stereocenters. The monoisotopic (exact) mass is 582 g/mol. The highest BCUT2D eigenvalue weighted by Crippen LogP contribution is 2.33. The zero-order valence-corrected chi connectivity index (χ0v) is 23.4. The number of nitrogen functional groups attached to an aromatic ring is 1. The molecule has 0 atom stereocenters. The first-order chi connectivity index (χ1) is 21.4. The normalized spacial score (nSPS) is 11.8. The topological polar surface area (TPSA) is 168 Å². The molecule has 0 bridgehead atoms. The number of phenolic OH excluding ortho intramolecular Hbond substituents is 1. The Hall–Kier alpha value is -6.28. The van der Waals surface area contributed by atoms with E-state index in [1.165, 1.54) is 29.7 Å². The van der Waals surface area contributed by atoms with Gasteiger partial charge in [-0.25, -0.2) is 19.6 Å². The number of terminal acetylenes is 1. The van der Waals surface area contributed by atoms with E-state index in [1.54, 1.807) is 17.1 Å². The molecule has 1 aliphatic rings. The highest BCUT2D eigenvalue weighted by Gasteiger charge is 2.20. The highest BCUT2D eigenvalue weighted by molar-refractivity contribution is 5.96. The SMILES string of the molecule is C#Cc1cc(C(N)=O)cc(C=O)c1O.Nc1ncccc1-c1nc2ccc(-n3cccn3)nc2n1-c1ccc2c(c1)CCC2. The van der Waals surface area contributed by atoms with Crippen LogP contribution in [0.4, 0.5) is 5.82 Å². The first-order valence-electron chi connectivity index (χ1n) is 13.7. The number of anilines is 1. The largest absolute Gasteiger partial charge is 0.506 e. The Bertz CT molecular complexity index is 2090. The van der Waals surface area contributed by atoms with Crippen molar-refractivity contribution < 1.29 is 14.7 Å². The maximum atomic E-state index is 10.8. The summed E-state index contributed by atoms with van der Waals surface area (Å²) in [6, 6.07) is 18.7. The van der Waals surface area contributed by atoms with Gasteiger partial charge in [0.1, 0.15) is 17.1 Å². The number of aryl methyl sites for hydroxylation is 2. The van der Waals surface area contributed by atoms with Crippen LogP contribution in [0.25, 0.3) is 34.1 Å². The summed E-state index contributed by atoms with van der Waals surface area (Å²) in [6.07, 6.45) is 14.2. The minimum Gasteiger partial charge on any atom is -0.506 e. The minimum atomic E-state index is -0.704. The van der Waals surface area contributed by atoms with Crippen LogP contribution in [0.5, 0.6) is 5.75 Å². The molecule has 1 amide bonds. The number of rotatable bonds is 5. The lowest BCUT2D eigenvalue weighted by molar-refractivity contribution is 0.1000. The molecule has 0 radical (unpaired) electrons. The molecule has 0 fully saturated rings. The molecule has 5 N–H and O–H groups in total. The van der Waals surface area contributed by atoms with E-state index >= 15 is 0 Å². The number of phenols is 1. The summed E-state index contributed by atoms with van der Waals surface area (Å²) in [5.41, 5.74) is 17.5. The van der Waals surface area contributed by atoms with Gasteiger partial charge in [0, 0.05) is 29.8 Å². The summed E-state index contributed by atoms with van der Waals surface area (Å²) in [5.74, 6) is 3.05. The van der Waals surface area contributed by atoms with Gasteiger partial charge < -0.3 is 16.6 Å². The average Bonchev–Trinajstić information content (AvgIpc) is 3.81. The van der Waals surface area contributed by atoms with E-state index < -0.39 is 5.91 Å². The lowest BCUT2D eigenvalue weighted by atomic mass is 10.0. The molecule has 6 aromatic rings. The Balaban J connectivity index is 0.000000208. The number of aldehydes is 1. The summed E-state index contributed by atoms with van der Waals surface area (Å²) in [7, 11) is 0. The molecule has 0 saturated carbocycles. The van der Waals surface area contributed by atoms with Crippen molar-refractivity contribution >= 4 is 29.2 Å². The van der Waals surface area contributed by atoms with Crippen LogP contribution in [0.2, 0.25) is 0 Å². The molecule has 0 saturated heterocycles. The van der Waals surface area contributed by atoms with Crippen LogP contribution in [0.3, 0.4) is 0 Å². The van der Waals surface area contributed by atoms with E-state index in [4.69, 9.17) is 27.9 Å². The van der Waals surface area contributed by atoms with Gasteiger partial charge in [-0.3, -0.25) is 14.2 Å². The smallest absolute Gasteiger partial charge is 0.248 e. The molecule has 11 nitrogen and oxygen atoms in total. The van der Waals surface area contributed by atoms with Gasteiger partial charge in [-0.15, -0.1) is 6.42 Å². The van der Waals surface area contributed by atoms with Gasteiger partial charge >= 0.3 is 0 Å². The fraction of sp³-hybridized carbons (Fsp3) is 0.0909. The van der Waals surface area contributed by atoms with E-state index in [9.17, 15) is 14.7 Å². The van der Waals surface area contributed by atoms with Crippen LogP contribution >= 0.6 is 0 Å². The van der Waals surface area contributed by atoms with Crippen molar-refractivity contribution in [2.24, 2.45) is 5.73 Å². The Morgan fingerprint density at radius 1 is 1.02 bits per heavy atom. The maximum absolute atomic E-state index is 10.8. The van der Waals surface area contributed by atoms with Gasteiger partial charge in [0.15, 0.2) is 23.6 Å². The number of aromatic nitrogens is 6. The van der Waals surface area contributed by atoms with E-state index in [1.807, 2.05) is 36.5 Å². The first-order valence-corrected chi connectivity index (χ1v) is 13.7. The van der Waals surface area contributed by atoms with Crippen LogP contribution in [-0.2, 0) is 12.8 Å². The number of nitrogens with two attached hydrogens (primary N) is 2. The Labute approximate surface area is 251 Å².